The lowest BCUT2D eigenvalue weighted by Crippen LogP contribution is -2.39. The van der Waals surface area contributed by atoms with Crippen LogP contribution in [0.25, 0.3) is 0 Å². The number of benzene rings is 1. The van der Waals surface area contributed by atoms with Crippen molar-refractivity contribution in [2.45, 2.75) is 43.8 Å². The third kappa shape index (κ3) is 2.58. The Kier molecular flexibility index (Phi) is 3.76. The normalized spacial score (nSPS) is 26.9. The van der Waals surface area contributed by atoms with Gasteiger partial charge in [-0.1, -0.05) is 12.1 Å². The van der Waals surface area contributed by atoms with E-state index in [2.05, 4.69) is 0 Å². The molecule has 0 aliphatic carbocycles. The van der Waals surface area contributed by atoms with E-state index in [1.807, 2.05) is 25.1 Å². The van der Waals surface area contributed by atoms with E-state index in [0.29, 0.717) is 5.56 Å². The minimum atomic E-state index is -0.268. The van der Waals surface area contributed by atoms with Crippen LogP contribution < -0.4 is 0 Å². The Labute approximate surface area is 129 Å². The molecule has 2 aliphatic rings. The lowest BCUT2D eigenvalue weighted by atomic mass is 9.94. The first-order valence-electron chi connectivity index (χ1n) is 7.20. The van der Waals surface area contributed by atoms with Crippen molar-refractivity contribution in [3.63, 3.8) is 0 Å². The molecular weight excluding hydrogens is 290 g/mol. The fourth-order valence-electron chi connectivity index (χ4n) is 2.96. The molecule has 0 bridgehead atoms. The van der Waals surface area contributed by atoms with Crippen molar-refractivity contribution in [3.05, 3.63) is 34.9 Å². The van der Waals surface area contributed by atoms with E-state index in [1.165, 1.54) is 11.9 Å². The number of fused-ring (bicyclic) bond motifs is 1. The summed E-state index contributed by atoms with van der Waals surface area (Å²) in [6.07, 6.45) is 2.42. The minimum Gasteiger partial charge on any atom is -0.373 e. The van der Waals surface area contributed by atoms with Crippen molar-refractivity contribution in [2.24, 2.45) is 0 Å². The predicted octanol–water partition coefficient (Wildman–Crippen LogP) is 2.69. The molecule has 0 N–H and O–H groups in total. The van der Waals surface area contributed by atoms with Gasteiger partial charge in [0.05, 0.1) is 24.0 Å². The van der Waals surface area contributed by atoms with E-state index >= 15 is 0 Å². The van der Waals surface area contributed by atoms with Crippen molar-refractivity contribution in [1.82, 2.24) is 4.90 Å². The number of hydrogen-bond donors (Lipinski definition) is 0. The molecule has 1 fully saturated rings. The van der Waals surface area contributed by atoms with E-state index < -0.39 is 0 Å². The average molecular weight is 308 g/mol. The van der Waals surface area contributed by atoms with Crippen molar-refractivity contribution in [2.75, 3.05) is 7.05 Å². The molecule has 0 saturated carbocycles. The van der Waals surface area contributed by atoms with E-state index in [4.69, 9.17) is 16.3 Å². The molecule has 2 amide bonds. The first-order valence-corrected chi connectivity index (χ1v) is 7.64. The number of nitrogens with zero attached hydrogens (tertiary/aromatic N) is 1. The van der Waals surface area contributed by atoms with Crippen LogP contribution in [0.5, 0.6) is 0 Å². The van der Waals surface area contributed by atoms with Gasteiger partial charge in [0, 0.05) is 12.6 Å². The van der Waals surface area contributed by atoms with Gasteiger partial charge in [0.2, 0.25) is 5.91 Å². The summed E-state index contributed by atoms with van der Waals surface area (Å²) in [6.45, 7) is 2.04. The second-order valence-corrected chi connectivity index (χ2v) is 6.29. The Bertz CT molecular complexity index is 601. The summed E-state index contributed by atoms with van der Waals surface area (Å²) in [5.41, 5.74) is 2.23. The summed E-state index contributed by atoms with van der Waals surface area (Å²) >= 11 is 6.52. The second kappa shape index (κ2) is 5.43. The van der Waals surface area contributed by atoms with Gasteiger partial charge in [-0.05, 0) is 37.0 Å². The molecule has 3 unspecified atom stereocenters. The molecule has 4 nitrogen and oxygen atoms in total. The molecule has 1 saturated heterocycles. The van der Waals surface area contributed by atoms with Crippen LogP contribution in [0.3, 0.4) is 0 Å². The lowest BCUT2D eigenvalue weighted by molar-refractivity contribution is -0.127. The van der Waals surface area contributed by atoms with Crippen LogP contribution in [0.4, 0.5) is 0 Å². The predicted molar refractivity (Wildman–Crippen MR) is 79.4 cm³/mol. The molecule has 0 radical (unpaired) electrons. The molecule has 2 heterocycles. The smallest absolute Gasteiger partial charge is 0.260 e. The maximum absolute atomic E-state index is 12.2. The number of imide groups is 1. The van der Waals surface area contributed by atoms with E-state index in [1.54, 1.807) is 0 Å². The number of carbonyl (C=O) groups excluding carboxylic acids is 2. The van der Waals surface area contributed by atoms with Gasteiger partial charge in [0.15, 0.2) is 0 Å². The quantitative estimate of drug-likeness (QED) is 0.623. The number of halogens is 1. The van der Waals surface area contributed by atoms with Crippen LogP contribution in [0, 0.1) is 0 Å². The zero-order valence-electron chi connectivity index (χ0n) is 12.1. The largest absolute Gasteiger partial charge is 0.373 e. The van der Waals surface area contributed by atoms with Gasteiger partial charge < -0.3 is 4.74 Å². The highest BCUT2D eigenvalue weighted by Crippen LogP contribution is 2.36. The van der Waals surface area contributed by atoms with Crippen molar-refractivity contribution in [1.29, 1.82) is 0 Å². The van der Waals surface area contributed by atoms with E-state index in [9.17, 15) is 9.59 Å². The topological polar surface area (TPSA) is 46.6 Å². The maximum Gasteiger partial charge on any atom is 0.260 e. The Morgan fingerprint density at radius 2 is 2.10 bits per heavy atom. The zero-order valence-corrected chi connectivity index (χ0v) is 12.9. The number of ether oxygens (including phenoxy) is 1. The van der Waals surface area contributed by atoms with Crippen LogP contribution in [-0.2, 0) is 16.0 Å². The van der Waals surface area contributed by atoms with Crippen LogP contribution in [-0.4, -0.2) is 36.0 Å². The molecule has 3 atom stereocenters. The van der Waals surface area contributed by atoms with Crippen LogP contribution in [0.1, 0.15) is 46.6 Å². The van der Waals surface area contributed by atoms with Gasteiger partial charge in [-0.15, -0.1) is 11.6 Å². The van der Waals surface area contributed by atoms with Gasteiger partial charge in [-0.25, -0.2) is 0 Å². The molecule has 3 rings (SSSR count). The number of hydrogen-bond acceptors (Lipinski definition) is 3. The van der Waals surface area contributed by atoms with Gasteiger partial charge >= 0.3 is 0 Å². The van der Waals surface area contributed by atoms with Gasteiger partial charge in [0.25, 0.3) is 5.91 Å². The molecule has 0 spiro atoms. The summed E-state index contributed by atoms with van der Waals surface area (Å²) < 4.78 is 5.81. The van der Waals surface area contributed by atoms with Crippen molar-refractivity contribution in [3.8, 4) is 0 Å². The van der Waals surface area contributed by atoms with Gasteiger partial charge in [0.1, 0.15) is 0 Å². The van der Waals surface area contributed by atoms with Crippen molar-refractivity contribution >= 4 is 23.4 Å². The van der Waals surface area contributed by atoms with E-state index in [-0.39, 0.29) is 35.8 Å². The highest BCUT2D eigenvalue weighted by atomic mass is 35.5. The second-order valence-electron chi connectivity index (χ2n) is 5.82. The molecular formula is C16H18ClNO3. The first kappa shape index (κ1) is 14.5. The fraction of sp³-hybridized carbons (Fsp3) is 0.500. The molecule has 5 heteroatoms. The highest BCUT2D eigenvalue weighted by Gasteiger charge is 2.32. The Balaban J connectivity index is 1.89. The monoisotopic (exact) mass is 307 g/mol. The molecule has 1 aromatic rings. The fourth-order valence-corrected chi connectivity index (χ4v) is 3.28. The Morgan fingerprint density at radius 1 is 1.33 bits per heavy atom. The summed E-state index contributed by atoms with van der Waals surface area (Å²) in [4.78, 5) is 25.1. The molecule has 1 aromatic carbocycles. The average Bonchev–Trinajstić information content (AvgIpc) is 2.90. The number of rotatable bonds is 2. The Hall–Kier alpha value is -1.39. The summed E-state index contributed by atoms with van der Waals surface area (Å²) in [6, 6.07) is 5.54. The van der Waals surface area contributed by atoms with Gasteiger partial charge in [-0.2, -0.15) is 0 Å². The molecule has 112 valence electrons. The third-order valence-corrected chi connectivity index (χ3v) is 4.83. The SMILES string of the molecule is CC1CCC(C(Cl)c2ccc3c(c2)C(=O)N(C)C(=O)C3)O1. The zero-order chi connectivity index (χ0) is 15.1. The van der Waals surface area contributed by atoms with Crippen LogP contribution >= 0.6 is 11.6 Å². The highest BCUT2D eigenvalue weighted by molar-refractivity contribution is 6.21. The first-order chi connectivity index (χ1) is 9.97. The lowest BCUT2D eigenvalue weighted by Gasteiger charge is -2.25. The number of amides is 2. The van der Waals surface area contributed by atoms with Crippen LogP contribution in [0.15, 0.2) is 18.2 Å². The maximum atomic E-state index is 12.2. The molecule has 0 aromatic heterocycles. The number of likely N-dealkylation sites (N-methyl/N-ethyl adjacent to an activating group) is 1. The van der Waals surface area contributed by atoms with E-state index in [0.717, 1.165) is 24.0 Å². The van der Waals surface area contributed by atoms with Gasteiger partial charge in [-0.3, -0.25) is 14.5 Å². The number of carbonyl (C=O) groups is 2. The molecule has 2 aliphatic heterocycles. The summed E-state index contributed by atoms with van der Waals surface area (Å²) in [5, 5.41) is -0.268. The summed E-state index contributed by atoms with van der Waals surface area (Å²) in [7, 11) is 1.51. The molecule has 21 heavy (non-hydrogen) atoms. The van der Waals surface area contributed by atoms with Crippen LogP contribution in [0.2, 0.25) is 0 Å². The number of alkyl halides is 1. The third-order valence-electron chi connectivity index (χ3n) is 4.29. The Morgan fingerprint density at radius 3 is 2.76 bits per heavy atom. The summed E-state index contributed by atoms with van der Waals surface area (Å²) in [5.74, 6) is -0.428. The standard InChI is InChI=1S/C16H18ClNO3/c1-9-3-6-13(21-9)15(17)11-5-4-10-8-14(19)18(2)16(20)12(10)7-11/h4-5,7,9,13,15H,3,6,8H2,1-2H3. The minimum absolute atomic E-state index is 0.0160. The van der Waals surface area contributed by atoms with Crippen molar-refractivity contribution < 1.29 is 14.3 Å².